The molecule has 76 valence electrons. The van der Waals surface area contributed by atoms with Crippen molar-refractivity contribution in [2.75, 3.05) is 13.7 Å². The van der Waals surface area contributed by atoms with Gasteiger partial charge in [-0.3, -0.25) is 0 Å². The standard InChI is InChI=1S/C10H14N2O2/c1-4-14-6-5-9-7-11-10(13-3)12-8(9)2/h5-7H,4H2,1-3H3/b6-5+. The van der Waals surface area contributed by atoms with Gasteiger partial charge < -0.3 is 9.47 Å². The third kappa shape index (κ3) is 2.73. The average molecular weight is 194 g/mol. The molecule has 0 fully saturated rings. The highest BCUT2D eigenvalue weighted by atomic mass is 16.5. The van der Waals surface area contributed by atoms with E-state index in [9.17, 15) is 0 Å². The topological polar surface area (TPSA) is 44.2 Å². The second-order valence-corrected chi connectivity index (χ2v) is 2.66. The molecule has 0 spiro atoms. The Balaban J connectivity index is 2.78. The lowest BCUT2D eigenvalue weighted by atomic mass is 10.2. The molecule has 1 aromatic heterocycles. The third-order valence-corrected chi connectivity index (χ3v) is 1.69. The maximum absolute atomic E-state index is 5.08. The van der Waals surface area contributed by atoms with Crippen molar-refractivity contribution < 1.29 is 9.47 Å². The molecule has 14 heavy (non-hydrogen) atoms. The van der Waals surface area contributed by atoms with E-state index in [4.69, 9.17) is 9.47 Å². The van der Waals surface area contributed by atoms with Crippen molar-refractivity contribution in [2.24, 2.45) is 0 Å². The second kappa shape index (κ2) is 5.21. The molecule has 0 saturated carbocycles. The summed E-state index contributed by atoms with van der Waals surface area (Å²) in [6.45, 7) is 4.49. The molecule has 0 aromatic carbocycles. The van der Waals surface area contributed by atoms with Crippen LogP contribution in [0.15, 0.2) is 12.5 Å². The summed E-state index contributed by atoms with van der Waals surface area (Å²) in [6.07, 6.45) is 5.17. The summed E-state index contributed by atoms with van der Waals surface area (Å²) in [7, 11) is 1.55. The first kappa shape index (κ1) is 10.5. The summed E-state index contributed by atoms with van der Waals surface area (Å²) in [5.74, 6) is 0. The van der Waals surface area contributed by atoms with Crippen LogP contribution in [0, 0.1) is 6.92 Å². The summed E-state index contributed by atoms with van der Waals surface area (Å²) < 4.78 is 9.98. The molecular formula is C10H14N2O2. The van der Waals surface area contributed by atoms with E-state index in [0.29, 0.717) is 12.6 Å². The minimum atomic E-state index is 0.385. The number of ether oxygens (including phenoxy) is 2. The minimum absolute atomic E-state index is 0.385. The monoisotopic (exact) mass is 194 g/mol. The molecule has 0 radical (unpaired) electrons. The molecule has 0 bridgehead atoms. The zero-order valence-corrected chi connectivity index (χ0v) is 8.65. The Hall–Kier alpha value is -1.58. The summed E-state index contributed by atoms with van der Waals surface area (Å²) in [5.41, 5.74) is 1.80. The minimum Gasteiger partial charge on any atom is -0.501 e. The lowest BCUT2D eigenvalue weighted by Gasteiger charge is -2.01. The van der Waals surface area contributed by atoms with Gasteiger partial charge in [0.05, 0.1) is 25.7 Å². The number of aryl methyl sites for hydroxylation is 1. The zero-order chi connectivity index (χ0) is 10.4. The molecule has 0 unspecified atom stereocenters. The van der Waals surface area contributed by atoms with Crippen LogP contribution in [-0.4, -0.2) is 23.7 Å². The Labute approximate surface area is 83.6 Å². The van der Waals surface area contributed by atoms with E-state index in [-0.39, 0.29) is 0 Å². The molecule has 1 aromatic rings. The smallest absolute Gasteiger partial charge is 0.316 e. The first-order valence-electron chi connectivity index (χ1n) is 4.43. The van der Waals surface area contributed by atoms with Crippen LogP contribution in [0.3, 0.4) is 0 Å². The number of methoxy groups -OCH3 is 1. The largest absolute Gasteiger partial charge is 0.501 e. The molecule has 4 heteroatoms. The molecule has 1 rings (SSSR count). The van der Waals surface area contributed by atoms with Crippen molar-refractivity contribution in [3.8, 4) is 6.01 Å². The Morgan fingerprint density at radius 3 is 2.86 bits per heavy atom. The maximum atomic E-state index is 5.08. The Bertz CT molecular complexity index is 324. The maximum Gasteiger partial charge on any atom is 0.316 e. The fraction of sp³-hybridized carbons (Fsp3) is 0.400. The number of hydrogen-bond donors (Lipinski definition) is 0. The molecular weight excluding hydrogens is 180 g/mol. The van der Waals surface area contributed by atoms with Crippen molar-refractivity contribution in [3.63, 3.8) is 0 Å². The average Bonchev–Trinajstić information content (AvgIpc) is 2.20. The van der Waals surface area contributed by atoms with Gasteiger partial charge in [0, 0.05) is 11.8 Å². The van der Waals surface area contributed by atoms with Gasteiger partial charge in [0.1, 0.15) is 0 Å². The van der Waals surface area contributed by atoms with E-state index >= 15 is 0 Å². The van der Waals surface area contributed by atoms with Crippen molar-refractivity contribution in [2.45, 2.75) is 13.8 Å². The Kier molecular flexibility index (Phi) is 3.91. The van der Waals surface area contributed by atoms with Crippen molar-refractivity contribution >= 4 is 6.08 Å². The van der Waals surface area contributed by atoms with Crippen LogP contribution in [0.1, 0.15) is 18.2 Å². The van der Waals surface area contributed by atoms with Crippen LogP contribution in [0.25, 0.3) is 6.08 Å². The molecule has 4 nitrogen and oxygen atoms in total. The lowest BCUT2D eigenvalue weighted by molar-refractivity contribution is 0.272. The first-order chi connectivity index (χ1) is 6.77. The number of nitrogens with zero attached hydrogens (tertiary/aromatic N) is 2. The SMILES string of the molecule is CCO/C=C/c1cnc(OC)nc1C. The molecule has 0 aliphatic carbocycles. The highest BCUT2D eigenvalue weighted by Gasteiger charge is 1.99. The van der Waals surface area contributed by atoms with Crippen LogP contribution >= 0.6 is 0 Å². The lowest BCUT2D eigenvalue weighted by Crippen LogP contribution is -1.95. The number of rotatable bonds is 4. The molecule has 1 heterocycles. The van der Waals surface area contributed by atoms with Crippen molar-refractivity contribution in [1.29, 1.82) is 0 Å². The van der Waals surface area contributed by atoms with Gasteiger partial charge in [0.25, 0.3) is 0 Å². The summed E-state index contributed by atoms with van der Waals surface area (Å²) in [6, 6.07) is 0.385. The number of aromatic nitrogens is 2. The fourth-order valence-electron chi connectivity index (χ4n) is 0.935. The van der Waals surface area contributed by atoms with Crippen molar-refractivity contribution in [1.82, 2.24) is 9.97 Å². The van der Waals surface area contributed by atoms with E-state index in [1.807, 2.05) is 19.9 Å². The first-order valence-corrected chi connectivity index (χ1v) is 4.43. The zero-order valence-electron chi connectivity index (χ0n) is 8.65. The van der Waals surface area contributed by atoms with Gasteiger partial charge in [-0.1, -0.05) is 0 Å². The fourth-order valence-corrected chi connectivity index (χ4v) is 0.935. The molecule has 0 atom stereocenters. The Morgan fingerprint density at radius 1 is 1.50 bits per heavy atom. The summed E-state index contributed by atoms with van der Waals surface area (Å²) in [4.78, 5) is 8.13. The predicted octanol–water partition coefficient (Wildman–Crippen LogP) is 1.80. The molecule has 0 aliphatic heterocycles. The molecule has 0 aliphatic rings. The van der Waals surface area contributed by atoms with E-state index in [1.54, 1.807) is 19.6 Å². The van der Waals surface area contributed by atoms with Gasteiger partial charge in [-0.15, -0.1) is 0 Å². The van der Waals surface area contributed by atoms with Gasteiger partial charge in [0.15, 0.2) is 0 Å². The molecule has 0 saturated heterocycles. The molecule has 0 amide bonds. The van der Waals surface area contributed by atoms with Crippen LogP contribution in [0.4, 0.5) is 0 Å². The van der Waals surface area contributed by atoms with Crippen LogP contribution in [-0.2, 0) is 4.74 Å². The van der Waals surface area contributed by atoms with Gasteiger partial charge in [-0.25, -0.2) is 4.98 Å². The number of hydrogen-bond acceptors (Lipinski definition) is 4. The van der Waals surface area contributed by atoms with Crippen molar-refractivity contribution in [3.05, 3.63) is 23.7 Å². The quantitative estimate of drug-likeness (QED) is 0.685. The second-order valence-electron chi connectivity index (χ2n) is 2.66. The molecule has 0 N–H and O–H groups in total. The van der Waals surface area contributed by atoms with E-state index in [0.717, 1.165) is 11.3 Å². The van der Waals surface area contributed by atoms with E-state index < -0.39 is 0 Å². The van der Waals surface area contributed by atoms with Gasteiger partial charge >= 0.3 is 6.01 Å². The third-order valence-electron chi connectivity index (χ3n) is 1.69. The summed E-state index contributed by atoms with van der Waals surface area (Å²) >= 11 is 0. The van der Waals surface area contributed by atoms with Crippen LogP contribution in [0.5, 0.6) is 6.01 Å². The highest BCUT2D eigenvalue weighted by Crippen LogP contribution is 2.09. The normalized spacial score (nSPS) is 10.5. The van der Waals surface area contributed by atoms with Gasteiger partial charge in [0.2, 0.25) is 0 Å². The van der Waals surface area contributed by atoms with E-state index in [1.165, 1.54) is 0 Å². The predicted molar refractivity (Wildman–Crippen MR) is 54.0 cm³/mol. The van der Waals surface area contributed by atoms with Crippen LogP contribution < -0.4 is 4.74 Å². The van der Waals surface area contributed by atoms with Gasteiger partial charge in [-0.05, 0) is 19.9 Å². The van der Waals surface area contributed by atoms with E-state index in [2.05, 4.69) is 9.97 Å². The van der Waals surface area contributed by atoms with Crippen LogP contribution in [0.2, 0.25) is 0 Å². The van der Waals surface area contributed by atoms with Gasteiger partial charge in [-0.2, -0.15) is 4.98 Å². The Morgan fingerprint density at radius 2 is 2.29 bits per heavy atom. The highest BCUT2D eigenvalue weighted by molar-refractivity contribution is 5.49. The summed E-state index contributed by atoms with van der Waals surface area (Å²) in [5, 5.41) is 0.